The molecule has 0 radical (unpaired) electrons. The summed E-state index contributed by atoms with van der Waals surface area (Å²) in [5.74, 6) is 0.781. The lowest BCUT2D eigenvalue weighted by molar-refractivity contribution is -0.124. The Bertz CT molecular complexity index is 1320. The third kappa shape index (κ3) is 4.67. The molecule has 1 N–H and O–H groups in total. The molecule has 2 aliphatic rings. The number of carbonyl (C=O) groups is 2. The van der Waals surface area contributed by atoms with Crippen molar-refractivity contribution in [3.8, 4) is 17.2 Å². The van der Waals surface area contributed by atoms with Crippen molar-refractivity contribution in [3.63, 3.8) is 0 Å². The Balaban J connectivity index is 1.41. The smallest absolute Gasteiger partial charge is 0.256 e. The molecule has 1 atom stereocenters. The van der Waals surface area contributed by atoms with Crippen molar-refractivity contribution < 1.29 is 28.2 Å². The molecule has 3 aromatic carbocycles. The van der Waals surface area contributed by atoms with Gasteiger partial charge in [-0.25, -0.2) is 4.39 Å². The van der Waals surface area contributed by atoms with Crippen LogP contribution in [0.3, 0.4) is 0 Å². The minimum atomic E-state index is -0.842. The van der Waals surface area contributed by atoms with Crippen LogP contribution in [0.1, 0.15) is 12.0 Å². The second-order valence-electron chi connectivity index (χ2n) is 8.24. The number of halogens is 1. The van der Waals surface area contributed by atoms with Gasteiger partial charge in [0.25, 0.3) is 5.91 Å². The van der Waals surface area contributed by atoms with E-state index >= 15 is 0 Å². The quantitative estimate of drug-likeness (QED) is 0.483. The van der Waals surface area contributed by atoms with Crippen molar-refractivity contribution in [2.45, 2.75) is 19.0 Å². The number of amides is 2. The third-order valence-electron chi connectivity index (χ3n) is 5.95. The van der Waals surface area contributed by atoms with Gasteiger partial charge in [0, 0.05) is 12.2 Å². The molecule has 1 fully saturated rings. The second-order valence-corrected chi connectivity index (χ2v) is 8.61. The molecule has 2 amide bonds. The van der Waals surface area contributed by atoms with Gasteiger partial charge in [0.2, 0.25) is 12.7 Å². The highest BCUT2D eigenvalue weighted by molar-refractivity contribution is 7.80. The van der Waals surface area contributed by atoms with Gasteiger partial charge in [-0.1, -0.05) is 6.07 Å². The highest BCUT2D eigenvalue weighted by Gasteiger charge is 2.44. The molecular weight excluding hydrogens is 485 g/mol. The Morgan fingerprint density at radius 2 is 1.81 bits per heavy atom. The number of hydrogen-bond donors (Lipinski definition) is 1. The summed E-state index contributed by atoms with van der Waals surface area (Å²) in [4.78, 5) is 29.6. The molecule has 2 heterocycles. The Morgan fingerprint density at radius 3 is 2.53 bits per heavy atom. The predicted molar refractivity (Wildman–Crippen MR) is 135 cm³/mol. The van der Waals surface area contributed by atoms with E-state index in [1.807, 2.05) is 12.1 Å². The van der Waals surface area contributed by atoms with Crippen molar-refractivity contribution in [1.82, 2.24) is 4.90 Å². The second kappa shape index (κ2) is 9.82. The minimum absolute atomic E-state index is 0.145. The van der Waals surface area contributed by atoms with Crippen LogP contribution in [-0.2, 0) is 16.1 Å². The molecule has 0 aliphatic carbocycles. The summed E-state index contributed by atoms with van der Waals surface area (Å²) in [5, 5.41) is 3.00. The highest BCUT2D eigenvalue weighted by Crippen LogP contribution is 2.35. The van der Waals surface area contributed by atoms with Crippen LogP contribution in [-0.4, -0.2) is 41.8 Å². The molecule has 0 saturated carbocycles. The van der Waals surface area contributed by atoms with Crippen LogP contribution >= 0.6 is 12.2 Å². The first-order chi connectivity index (χ1) is 17.4. The fourth-order valence-corrected chi connectivity index (χ4v) is 4.53. The average Bonchev–Trinajstić information content (AvgIpc) is 3.43. The fraction of sp³-hybridized carbons (Fsp3) is 0.192. The Labute approximate surface area is 212 Å². The number of anilines is 2. The highest BCUT2D eigenvalue weighted by atomic mass is 32.1. The zero-order chi connectivity index (χ0) is 25.2. The number of benzene rings is 3. The van der Waals surface area contributed by atoms with E-state index in [1.54, 1.807) is 42.3 Å². The molecule has 184 valence electrons. The van der Waals surface area contributed by atoms with Gasteiger partial charge in [0.15, 0.2) is 16.6 Å². The lowest BCUT2D eigenvalue weighted by atomic mass is 10.1. The monoisotopic (exact) mass is 507 g/mol. The average molecular weight is 508 g/mol. The van der Waals surface area contributed by atoms with Crippen LogP contribution in [0.4, 0.5) is 15.8 Å². The van der Waals surface area contributed by atoms with Gasteiger partial charge in [0.1, 0.15) is 17.6 Å². The maximum Gasteiger partial charge on any atom is 0.256 e. The van der Waals surface area contributed by atoms with Crippen LogP contribution in [0.15, 0.2) is 66.7 Å². The van der Waals surface area contributed by atoms with Gasteiger partial charge in [-0.2, -0.15) is 0 Å². The first-order valence-corrected chi connectivity index (χ1v) is 11.6. The molecule has 8 nitrogen and oxygen atoms in total. The van der Waals surface area contributed by atoms with Crippen LogP contribution in [0.2, 0.25) is 0 Å². The van der Waals surface area contributed by atoms with Gasteiger partial charge in [-0.15, -0.1) is 0 Å². The number of thiocarbonyl (C=S) groups is 1. The maximum absolute atomic E-state index is 13.6. The molecule has 1 saturated heterocycles. The van der Waals surface area contributed by atoms with E-state index in [0.717, 1.165) is 5.56 Å². The molecule has 5 rings (SSSR count). The summed E-state index contributed by atoms with van der Waals surface area (Å²) in [6, 6.07) is 17.0. The molecule has 2 aliphatic heterocycles. The normalized spacial score (nSPS) is 16.4. The minimum Gasteiger partial charge on any atom is -0.497 e. The molecule has 10 heteroatoms. The van der Waals surface area contributed by atoms with E-state index in [0.29, 0.717) is 28.6 Å². The van der Waals surface area contributed by atoms with E-state index in [4.69, 9.17) is 26.4 Å². The largest absolute Gasteiger partial charge is 0.497 e. The van der Waals surface area contributed by atoms with Crippen LogP contribution in [0.25, 0.3) is 0 Å². The molecule has 3 aromatic rings. The lowest BCUT2D eigenvalue weighted by Gasteiger charge is -2.24. The van der Waals surface area contributed by atoms with Crippen molar-refractivity contribution >= 4 is 40.5 Å². The summed E-state index contributed by atoms with van der Waals surface area (Å²) < 4.78 is 29.3. The Hall–Kier alpha value is -4.18. The van der Waals surface area contributed by atoms with Gasteiger partial charge in [-0.05, 0) is 78.4 Å². The number of nitrogens with zero attached hydrogens (tertiary/aromatic N) is 2. The number of fused-ring (bicyclic) bond motifs is 1. The number of nitrogens with one attached hydrogen (secondary N) is 1. The van der Waals surface area contributed by atoms with Gasteiger partial charge >= 0.3 is 0 Å². The molecule has 36 heavy (non-hydrogen) atoms. The predicted octanol–water partition coefficient (Wildman–Crippen LogP) is 4.09. The first kappa shape index (κ1) is 23.6. The zero-order valence-corrected chi connectivity index (χ0v) is 20.1. The number of ether oxygens (including phenoxy) is 3. The Morgan fingerprint density at radius 1 is 1.08 bits per heavy atom. The third-order valence-corrected chi connectivity index (χ3v) is 6.36. The van der Waals surface area contributed by atoms with E-state index in [-0.39, 0.29) is 30.8 Å². The molecule has 0 aromatic heterocycles. The van der Waals surface area contributed by atoms with E-state index in [1.165, 1.54) is 29.2 Å². The van der Waals surface area contributed by atoms with E-state index < -0.39 is 17.8 Å². The van der Waals surface area contributed by atoms with Crippen molar-refractivity contribution in [3.05, 3.63) is 78.1 Å². The number of hydrogen-bond acceptors (Lipinski definition) is 6. The zero-order valence-electron chi connectivity index (χ0n) is 19.3. The summed E-state index contributed by atoms with van der Waals surface area (Å²) >= 11 is 5.73. The van der Waals surface area contributed by atoms with Gasteiger partial charge in [0.05, 0.1) is 19.2 Å². The van der Waals surface area contributed by atoms with Gasteiger partial charge in [-0.3, -0.25) is 14.5 Å². The van der Waals surface area contributed by atoms with Crippen molar-refractivity contribution in [2.24, 2.45) is 0 Å². The maximum atomic E-state index is 13.6. The number of rotatable bonds is 7. The standard InChI is InChI=1S/C26H22FN3O5S/c1-33-20-9-7-19(8-10-20)30-25(32)21(13-24(31)28-18-5-3-17(27)4-6-18)29(26(30)36)14-16-2-11-22-23(12-16)35-15-34-22/h2-12,21H,13-15H2,1H3,(H,28,31). The van der Waals surface area contributed by atoms with Crippen molar-refractivity contribution in [2.75, 3.05) is 24.1 Å². The summed E-state index contributed by atoms with van der Waals surface area (Å²) in [5.41, 5.74) is 1.85. The topological polar surface area (TPSA) is 80.3 Å². The first-order valence-electron chi connectivity index (χ1n) is 11.2. The van der Waals surface area contributed by atoms with Crippen LogP contribution < -0.4 is 24.4 Å². The summed E-state index contributed by atoms with van der Waals surface area (Å²) in [6.07, 6.45) is -0.145. The number of carbonyl (C=O) groups excluding carboxylic acids is 2. The molecule has 0 spiro atoms. The van der Waals surface area contributed by atoms with Crippen LogP contribution in [0.5, 0.6) is 17.2 Å². The Kier molecular flexibility index (Phi) is 6.43. The van der Waals surface area contributed by atoms with Gasteiger partial charge < -0.3 is 24.4 Å². The summed E-state index contributed by atoms with van der Waals surface area (Å²) in [7, 11) is 1.56. The number of methoxy groups -OCH3 is 1. The fourth-order valence-electron chi connectivity index (χ4n) is 4.14. The van der Waals surface area contributed by atoms with Crippen molar-refractivity contribution in [1.29, 1.82) is 0 Å². The molecular formula is C26H22FN3O5S. The summed E-state index contributed by atoms with van der Waals surface area (Å²) in [6.45, 7) is 0.430. The van der Waals surface area contributed by atoms with E-state index in [2.05, 4.69) is 5.32 Å². The lowest BCUT2D eigenvalue weighted by Crippen LogP contribution is -2.37. The molecule has 0 bridgehead atoms. The SMILES string of the molecule is COc1ccc(N2C(=O)C(CC(=O)Nc3ccc(F)cc3)N(Cc3ccc4c(c3)OCO4)C2=S)cc1. The van der Waals surface area contributed by atoms with Crippen LogP contribution in [0, 0.1) is 5.82 Å². The van der Waals surface area contributed by atoms with E-state index in [9.17, 15) is 14.0 Å². The molecule has 1 unspecified atom stereocenters.